The quantitative estimate of drug-likeness (QED) is 0.196. The van der Waals surface area contributed by atoms with Gasteiger partial charge in [-0.25, -0.2) is 19.9 Å². The van der Waals surface area contributed by atoms with E-state index in [-0.39, 0.29) is 0 Å². The first-order valence-corrected chi connectivity index (χ1v) is 15.6. The molecule has 0 saturated heterocycles. The van der Waals surface area contributed by atoms with E-state index < -0.39 is 0 Å². The molecule has 8 aromatic rings. The van der Waals surface area contributed by atoms with Crippen LogP contribution in [-0.4, -0.2) is 19.9 Å². The van der Waals surface area contributed by atoms with E-state index in [4.69, 9.17) is 19.9 Å². The normalized spacial score (nSPS) is 11.8. The summed E-state index contributed by atoms with van der Waals surface area (Å²) in [6.07, 6.45) is 1.67. The van der Waals surface area contributed by atoms with Crippen LogP contribution in [0.4, 0.5) is 17.2 Å². The van der Waals surface area contributed by atoms with E-state index in [1.807, 2.05) is 42.5 Å². The molecule has 0 amide bonds. The van der Waals surface area contributed by atoms with Crippen molar-refractivity contribution in [3.63, 3.8) is 0 Å². The fourth-order valence-corrected chi connectivity index (χ4v) is 6.50. The van der Waals surface area contributed by atoms with E-state index in [0.29, 0.717) is 5.82 Å². The average molecular weight is 602 g/mol. The molecular weight excluding hydrogens is 574 g/mol. The smallest absolute Gasteiger partial charge is 0.160 e. The third-order valence-corrected chi connectivity index (χ3v) is 8.70. The van der Waals surface area contributed by atoms with Crippen LogP contribution in [0.1, 0.15) is 0 Å². The lowest BCUT2D eigenvalue weighted by Gasteiger charge is -2.32. The summed E-state index contributed by atoms with van der Waals surface area (Å²) in [7, 11) is 0. The molecule has 5 nitrogen and oxygen atoms in total. The summed E-state index contributed by atoms with van der Waals surface area (Å²) in [5, 5.41) is 1.04. The molecule has 6 aromatic carbocycles. The SMILES string of the molecule is c1ccc(-c2cc3c4c(ncnc4c2)N(c2cccc(-c4cc(-c5ccccc5)nc(-c5ccccc5)n4)c2)c2ccccc2-3)cc1. The fraction of sp³-hybridized carbons (Fsp3) is 0. The third-order valence-electron chi connectivity index (χ3n) is 8.70. The van der Waals surface area contributed by atoms with Crippen molar-refractivity contribution in [3.05, 3.63) is 164 Å². The van der Waals surface area contributed by atoms with Gasteiger partial charge in [-0.15, -0.1) is 0 Å². The number of fused-ring (bicyclic) bond motifs is 2. The predicted octanol–water partition coefficient (Wildman–Crippen LogP) is 10.5. The number of rotatable bonds is 5. The summed E-state index contributed by atoms with van der Waals surface area (Å²) in [6.45, 7) is 0. The minimum absolute atomic E-state index is 0.691. The summed E-state index contributed by atoms with van der Waals surface area (Å²) in [5.41, 5.74) is 12.3. The van der Waals surface area contributed by atoms with Gasteiger partial charge in [0.25, 0.3) is 0 Å². The molecule has 47 heavy (non-hydrogen) atoms. The van der Waals surface area contributed by atoms with Crippen LogP contribution in [0.25, 0.3) is 67.1 Å². The summed E-state index contributed by atoms with van der Waals surface area (Å²) in [4.78, 5) is 22.0. The first kappa shape index (κ1) is 26.9. The van der Waals surface area contributed by atoms with Crippen LogP contribution >= 0.6 is 0 Å². The Kier molecular flexibility index (Phi) is 6.39. The Balaban J connectivity index is 1.22. The van der Waals surface area contributed by atoms with Gasteiger partial charge >= 0.3 is 0 Å². The second-order valence-electron chi connectivity index (χ2n) is 11.6. The number of benzene rings is 6. The van der Waals surface area contributed by atoms with Crippen LogP contribution in [-0.2, 0) is 0 Å². The molecule has 0 bridgehead atoms. The van der Waals surface area contributed by atoms with E-state index in [1.165, 1.54) is 0 Å². The lowest BCUT2D eigenvalue weighted by Crippen LogP contribution is -2.17. The third kappa shape index (κ3) is 4.73. The Morgan fingerprint density at radius 1 is 0.426 bits per heavy atom. The van der Waals surface area contributed by atoms with Gasteiger partial charge in [0, 0.05) is 27.9 Å². The van der Waals surface area contributed by atoms with Crippen molar-refractivity contribution in [1.82, 2.24) is 19.9 Å². The molecule has 9 rings (SSSR count). The van der Waals surface area contributed by atoms with Gasteiger partial charge in [0.15, 0.2) is 5.82 Å². The second kappa shape index (κ2) is 11.2. The van der Waals surface area contributed by atoms with Gasteiger partial charge in [-0.2, -0.15) is 0 Å². The summed E-state index contributed by atoms with van der Waals surface area (Å²) in [5.74, 6) is 1.55. The van der Waals surface area contributed by atoms with Crippen molar-refractivity contribution in [2.24, 2.45) is 0 Å². The van der Waals surface area contributed by atoms with Crippen LogP contribution in [0.3, 0.4) is 0 Å². The Labute approximate surface area is 272 Å². The molecule has 0 atom stereocenters. The maximum atomic E-state index is 5.09. The highest BCUT2D eigenvalue weighted by Crippen LogP contribution is 2.50. The fourth-order valence-electron chi connectivity index (χ4n) is 6.50. The van der Waals surface area contributed by atoms with Crippen LogP contribution < -0.4 is 4.90 Å². The van der Waals surface area contributed by atoms with Crippen LogP contribution in [0.5, 0.6) is 0 Å². The Bertz CT molecular complexity index is 2350. The zero-order valence-corrected chi connectivity index (χ0v) is 25.3. The molecule has 0 fully saturated rings. The molecule has 3 heterocycles. The van der Waals surface area contributed by atoms with Crippen molar-refractivity contribution in [1.29, 1.82) is 0 Å². The van der Waals surface area contributed by atoms with Crippen LogP contribution in [0.2, 0.25) is 0 Å². The van der Waals surface area contributed by atoms with Crippen molar-refractivity contribution < 1.29 is 0 Å². The van der Waals surface area contributed by atoms with Crippen LogP contribution in [0.15, 0.2) is 164 Å². The van der Waals surface area contributed by atoms with E-state index in [9.17, 15) is 0 Å². The van der Waals surface area contributed by atoms with Gasteiger partial charge in [-0.1, -0.05) is 121 Å². The minimum atomic E-state index is 0.691. The molecule has 1 aliphatic heterocycles. The molecule has 0 unspecified atom stereocenters. The second-order valence-corrected chi connectivity index (χ2v) is 11.6. The summed E-state index contributed by atoms with van der Waals surface area (Å²) >= 11 is 0. The van der Waals surface area contributed by atoms with Gasteiger partial charge in [-0.3, -0.25) is 4.90 Å². The highest BCUT2D eigenvalue weighted by Gasteiger charge is 2.28. The average Bonchev–Trinajstić information content (AvgIpc) is 3.16. The van der Waals surface area contributed by atoms with Gasteiger partial charge in [-0.05, 0) is 53.1 Å². The number of anilines is 3. The maximum Gasteiger partial charge on any atom is 0.160 e. The molecule has 1 aliphatic rings. The van der Waals surface area contributed by atoms with Crippen molar-refractivity contribution in [2.45, 2.75) is 0 Å². The molecule has 0 saturated carbocycles. The molecule has 0 spiro atoms. The number of aromatic nitrogens is 4. The van der Waals surface area contributed by atoms with Crippen LogP contribution in [0, 0.1) is 0 Å². The van der Waals surface area contributed by atoms with Gasteiger partial charge < -0.3 is 0 Å². The maximum absolute atomic E-state index is 5.09. The van der Waals surface area contributed by atoms with Crippen molar-refractivity contribution >= 4 is 28.1 Å². The lowest BCUT2D eigenvalue weighted by molar-refractivity contribution is 1.14. The summed E-state index contributed by atoms with van der Waals surface area (Å²) in [6, 6.07) is 54.5. The van der Waals surface area contributed by atoms with Crippen molar-refractivity contribution in [2.75, 3.05) is 4.90 Å². The predicted molar refractivity (Wildman–Crippen MR) is 191 cm³/mol. The lowest BCUT2D eigenvalue weighted by atomic mass is 9.91. The Morgan fingerprint density at radius 2 is 1.06 bits per heavy atom. The first-order chi connectivity index (χ1) is 23.3. The van der Waals surface area contributed by atoms with E-state index in [0.717, 1.165) is 78.4 Å². The number of nitrogens with zero attached hydrogens (tertiary/aromatic N) is 5. The highest BCUT2D eigenvalue weighted by atomic mass is 15.2. The largest absolute Gasteiger partial charge is 0.294 e. The molecular formula is C42H27N5. The van der Waals surface area contributed by atoms with Gasteiger partial charge in [0.05, 0.1) is 28.0 Å². The molecule has 220 valence electrons. The first-order valence-electron chi connectivity index (χ1n) is 15.6. The Morgan fingerprint density at radius 3 is 1.83 bits per heavy atom. The molecule has 0 aliphatic carbocycles. The van der Waals surface area contributed by atoms with E-state index in [1.54, 1.807) is 6.33 Å². The molecule has 2 aromatic heterocycles. The van der Waals surface area contributed by atoms with E-state index >= 15 is 0 Å². The highest BCUT2D eigenvalue weighted by molar-refractivity contribution is 6.12. The Hall–Kier alpha value is -6.46. The van der Waals surface area contributed by atoms with Crippen molar-refractivity contribution in [3.8, 4) is 56.2 Å². The molecule has 0 N–H and O–H groups in total. The van der Waals surface area contributed by atoms with E-state index in [2.05, 4.69) is 120 Å². The monoisotopic (exact) mass is 601 g/mol. The zero-order valence-electron chi connectivity index (χ0n) is 25.3. The standard InChI is InChI=1S/C42H27N5/c1-4-13-28(14-5-1)32-24-35-34-21-10-11-22-39(34)47(42-40(35)38(25-32)43-27-44-42)33-20-12-19-31(23-33)37-26-36(29-15-6-2-7-16-29)45-41(46-37)30-17-8-3-9-18-30/h1-27H. The number of para-hydroxylation sites is 1. The van der Waals surface area contributed by atoms with Gasteiger partial charge in [0.1, 0.15) is 12.1 Å². The topological polar surface area (TPSA) is 54.8 Å². The minimum Gasteiger partial charge on any atom is -0.294 e. The number of hydrogen-bond donors (Lipinski definition) is 0. The zero-order chi connectivity index (χ0) is 31.2. The number of hydrogen-bond acceptors (Lipinski definition) is 5. The molecule has 5 heteroatoms. The van der Waals surface area contributed by atoms with Gasteiger partial charge in [0.2, 0.25) is 0 Å². The summed E-state index contributed by atoms with van der Waals surface area (Å²) < 4.78 is 0. The molecule has 0 radical (unpaired) electrons.